The number of phosphoric acid groups is 2. The molecule has 70 heavy (non-hydrogen) atoms. The van der Waals surface area contributed by atoms with E-state index in [9.17, 15) is 58.5 Å². The number of hydrogen-bond donors (Lipinski definition) is 11. The Labute approximate surface area is 404 Å². The minimum atomic E-state index is -5.69. The fourth-order valence-electron chi connectivity index (χ4n) is 8.33. The molecule has 4 aliphatic heterocycles. The molecule has 28 nitrogen and oxygen atoms in total. The summed E-state index contributed by atoms with van der Waals surface area (Å²) in [5, 5.41) is 57.5. The third-order valence-electron chi connectivity index (χ3n) is 12.0. The lowest BCUT2D eigenvalue weighted by Gasteiger charge is -2.26. The van der Waals surface area contributed by atoms with E-state index in [0.29, 0.717) is 24.8 Å². The predicted octanol–water partition coefficient (Wildman–Crippen LogP) is -2.30. The molecule has 5 amide bonds. The number of unbranched alkanes of at least 4 members (excludes halogenated alkanes) is 4. The fourth-order valence-corrected chi connectivity index (χ4v) is 11.9. The molecule has 0 aliphatic carbocycles. The molecule has 3 aromatic rings. The molecule has 386 valence electrons. The van der Waals surface area contributed by atoms with Gasteiger partial charge < -0.3 is 76.5 Å². The Balaban J connectivity index is 0.775. The number of nitrogens with one attached hydrogen (secondary N) is 5. The van der Waals surface area contributed by atoms with Crippen LogP contribution in [0.2, 0.25) is 0 Å². The number of anilines is 1. The maximum Gasteiger partial charge on any atom is 0.478 e. The summed E-state index contributed by atoms with van der Waals surface area (Å²) >= 11 is 1.86. The van der Waals surface area contributed by atoms with Crippen LogP contribution in [0.1, 0.15) is 74.2 Å². The van der Waals surface area contributed by atoms with E-state index >= 15 is 0 Å². The van der Waals surface area contributed by atoms with Gasteiger partial charge in [-0.3, -0.25) is 28.0 Å². The summed E-state index contributed by atoms with van der Waals surface area (Å²) in [4.78, 5) is 83.3. The first-order chi connectivity index (χ1) is 33.4. The van der Waals surface area contributed by atoms with Gasteiger partial charge >= 0.3 is 13.9 Å². The van der Waals surface area contributed by atoms with Gasteiger partial charge in [0, 0.05) is 36.6 Å². The van der Waals surface area contributed by atoms with Crippen molar-refractivity contribution < 1.29 is 85.9 Å². The number of urea groups is 1. The van der Waals surface area contributed by atoms with Crippen LogP contribution in [0.15, 0.2) is 37.2 Å². The molecule has 7 rings (SSSR count). The summed E-state index contributed by atoms with van der Waals surface area (Å²) in [5.41, 5.74) is 5.60. The van der Waals surface area contributed by atoms with Crippen LogP contribution in [0.5, 0.6) is 0 Å². The maximum absolute atomic E-state index is 12.7. The van der Waals surface area contributed by atoms with E-state index in [-0.39, 0.29) is 59.0 Å². The van der Waals surface area contributed by atoms with Crippen molar-refractivity contribution in [3.8, 4) is 0 Å². The average Bonchev–Trinajstić information content (AvgIpc) is 4.13. The molecule has 4 aliphatic rings. The summed E-state index contributed by atoms with van der Waals surface area (Å²) in [7, 11) is -11.2. The molecule has 7 heterocycles. The Kier molecular flexibility index (Phi) is 18.2. The van der Waals surface area contributed by atoms with Crippen LogP contribution in [0.4, 0.5) is 10.6 Å². The molecule has 13 atom stereocenters. The van der Waals surface area contributed by atoms with Crippen LogP contribution in [0.25, 0.3) is 11.2 Å². The molecule has 0 radical (unpaired) electrons. The highest BCUT2D eigenvalue weighted by Crippen LogP contribution is 2.58. The van der Waals surface area contributed by atoms with Crippen molar-refractivity contribution in [1.82, 2.24) is 40.8 Å². The fraction of sp³-hybridized carbons (Fsp3) is 0.641. The third-order valence-corrected chi connectivity index (χ3v) is 16.0. The van der Waals surface area contributed by atoms with Crippen molar-refractivity contribution in [1.29, 1.82) is 0 Å². The van der Waals surface area contributed by atoms with Crippen LogP contribution in [0, 0.1) is 0 Å². The van der Waals surface area contributed by atoms with E-state index in [0.717, 1.165) is 57.0 Å². The number of nitrogens with two attached hydrogens (primary N) is 1. The summed E-state index contributed by atoms with van der Waals surface area (Å²) in [6.45, 7) is -1.13. The zero-order valence-corrected chi connectivity index (χ0v) is 40.1. The Morgan fingerprint density at radius 1 is 0.929 bits per heavy atom. The Morgan fingerprint density at radius 3 is 2.40 bits per heavy atom. The van der Waals surface area contributed by atoms with Crippen LogP contribution < -0.4 is 41.8 Å². The number of imidazole rings is 1. The minimum absolute atomic E-state index is 0.0262. The Morgan fingerprint density at radius 2 is 1.64 bits per heavy atom. The quantitative estimate of drug-likeness (QED) is 0.0174. The number of carbonyl (C=O) groups excluding carboxylic acids is 4. The molecule has 4 fully saturated rings. The van der Waals surface area contributed by atoms with Gasteiger partial charge in [-0.1, -0.05) is 19.3 Å². The lowest BCUT2D eigenvalue weighted by molar-refractivity contribution is -0.765. The van der Waals surface area contributed by atoms with Crippen molar-refractivity contribution in [2.75, 3.05) is 43.9 Å². The number of rotatable bonds is 26. The third kappa shape index (κ3) is 13.7. The van der Waals surface area contributed by atoms with E-state index < -0.39 is 83.8 Å². The molecule has 31 heteroatoms. The Hall–Kier alpha value is -4.45. The SMILES string of the molecule is NC(=O)c1ccc[n+]([C@@H]2O[C@H](COP(=O)([O-])OP(=O)(O)OC[C@H]3O[C@@H](n4cnc5c(NCC(=O)NCCCCCCNC(=O)CCCC[C@@H]6SC[C@@H]7NC(=O)N[C@@H]76)ncnc54)[C@H](O)[C@@H]3O)[C@@H](O)[C@H]2O)c1. The Bertz CT molecular complexity index is 2430. The molecule has 0 saturated carbocycles. The van der Waals surface area contributed by atoms with Crippen LogP contribution in [-0.4, -0.2) is 161 Å². The van der Waals surface area contributed by atoms with Crippen LogP contribution in [-0.2, 0) is 41.6 Å². The lowest BCUT2D eigenvalue weighted by Crippen LogP contribution is -2.46. The van der Waals surface area contributed by atoms with Gasteiger partial charge in [-0.25, -0.2) is 28.6 Å². The van der Waals surface area contributed by atoms with Crippen LogP contribution in [0.3, 0.4) is 0 Å². The summed E-state index contributed by atoms with van der Waals surface area (Å²) in [6, 6.07) is 3.07. The highest BCUT2D eigenvalue weighted by Gasteiger charge is 2.50. The average molecular weight is 1050 g/mol. The van der Waals surface area contributed by atoms with Crippen molar-refractivity contribution in [3.63, 3.8) is 0 Å². The number of thioether (sulfide) groups is 1. The highest BCUT2D eigenvalue weighted by molar-refractivity contribution is 8.00. The molecule has 4 saturated heterocycles. The molecule has 0 spiro atoms. The molecule has 12 N–H and O–H groups in total. The first kappa shape index (κ1) is 53.4. The zero-order chi connectivity index (χ0) is 50.2. The van der Waals surface area contributed by atoms with Gasteiger partial charge in [0.2, 0.25) is 11.8 Å². The second kappa shape index (κ2) is 23.8. The number of primary amides is 1. The molecule has 0 bridgehead atoms. The standard InChI is InChI=1S/C39H57N11O17P2S/c40-34(57)21-8-7-13-49(15-21)37-32(55)30(53)23(65-37)16-63-68(59,60)67-69(61,62)64-17-24-31(54)33(56)38(66-24)50-20-46-29-35(44-19-45-36(29)50)43-14-27(52)42-12-6-2-1-5-11-41-26(51)10-4-3-9-25-28-22(18-70-25)47-39(58)48-28/h7-8,13,15,19-20,22-25,28,30-33,37-38,53-56H,1-6,9-12,14,16-18H2,(H8-,40,41,42,43,44,45,47,48,51,52,57,58,59,60,61,62)/t22-,23+,24+,25-,28-,30+,31+,32+,33+,37+,38+/m0/s1. The predicted molar refractivity (Wildman–Crippen MR) is 240 cm³/mol. The molecule has 3 aromatic heterocycles. The molecule has 0 aromatic carbocycles. The number of aliphatic hydroxyl groups excluding tert-OH is 4. The molecule has 2 unspecified atom stereocenters. The molecular formula is C39H57N11O17P2S. The van der Waals surface area contributed by atoms with E-state index in [4.69, 9.17) is 19.7 Å². The highest BCUT2D eigenvalue weighted by atomic mass is 32.2. The van der Waals surface area contributed by atoms with Gasteiger partial charge in [0.25, 0.3) is 20.0 Å². The lowest BCUT2D eigenvalue weighted by atomic mass is 10.0. The van der Waals surface area contributed by atoms with Gasteiger partial charge in [0.05, 0.1) is 38.2 Å². The number of carbonyl (C=O) groups is 4. The zero-order valence-electron chi connectivity index (χ0n) is 37.5. The van der Waals surface area contributed by atoms with Gasteiger partial charge in [-0.05, 0) is 31.7 Å². The molecular weight excluding hydrogens is 989 g/mol. The van der Waals surface area contributed by atoms with Gasteiger partial charge in [0.1, 0.15) is 42.4 Å². The first-order valence-electron chi connectivity index (χ1n) is 22.5. The smallest absolute Gasteiger partial charge is 0.478 e. The maximum atomic E-state index is 12.7. The van der Waals surface area contributed by atoms with Crippen molar-refractivity contribution >= 4 is 68.1 Å². The topological polar surface area (TPSA) is 406 Å². The van der Waals surface area contributed by atoms with Crippen molar-refractivity contribution in [3.05, 3.63) is 42.7 Å². The number of aromatic nitrogens is 5. The number of hydrogen-bond acceptors (Lipinski definition) is 21. The minimum Gasteiger partial charge on any atom is -0.756 e. The van der Waals surface area contributed by atoms with Gasteiger partial charge in [0.15, 0.2) is 41.7 Å². The normalized spacial score (nSPS) is 28.9. The number of pyridine rings is 1. The van der Waals surface area contributed by atoms with Crippen LogP contribution >= 0.6 is 27.4 Å². The van der Waals surface area contributed by atoms with Crippen molar-refractivity contribution in [2.24, 2.45) is 5.73 Å². The van der Waals surface area contributed by atoms with Gasteiger partial charge in [-0.2, -0.15) is 16.3 Å². The largest absolute Gasteiger partial charge is 0.756 e. The second-order valence-electron chi connectivity index (χ2n) is 17.0. The summed E-state index contributed by atoms with van der Waals surface area (Å²) in [5.74, 6) is -0.000895. The summed E-state index contributed by atoms with van der Waals surface area (Å²) in [6.07, 6.45) is -1.09. The number of amides is 5. The van der Waals surface area contributed by atoms with E-state index in [2.05, 4.69) is 50.4 Å². The van der Waals surface area contributed by atoms with E-state index in [1.165, 1.54) is 40.0 Å². The number of fused-ring (bicyclic) bond motifs is 2. The summed E-state index contributed by atoms with van der Waals surface area (Å²) < 4.78 is 52.5. The number of aliphatic hydroxyl groups is 4. The van der Waals surface area contributed by atoms with E-state index in [1.807, 2.05) is 11.8 Å². The first-order valence-corrected chi connectivity index (χ1v) is 26.5. The van der Waals surface area contributed by atoms with Gasteiger partial charge in [-0.15, -0.1) is 0 Å². The monoisotopic (exact) mass is 1050 g/mol. The number of nitrogens with zero attached hydrogens (tertiary/aromatic N) is 5. The number of ether oxygens (including phenoxy) is 2. The second-order valence-corrected chi connectivity index (χ2v) is 21.2. The van der Waals surface area contributed by atoms with Crippen molar-refractivity contribution in [2.45, 2.75) is 118 Å². The van der Waals surface area contributed by atoms with E-state index in [1.54, 1.807) is 0 Å². The number of phosphoric ester groups is 2.